The van der Waals surface area contributed by atoms with E-state index in [1.807, 2.05) is 6.92 Å². The summed E-state index contributed by atoms with van der Waals surface area (Å²) in [7, 11) is -3.70. The van der Waals surface area contributed by atoms with Gasteiger partial charge in [0.25, 0.3) is 10.0 Å². The highest BCUT2D eigenvalue weighted by molar-refractivity contribution is 9.10. The Morgan fingerprint density at radius 2 is 2.15 bits per heavy atom. The van der Waals surface area contributed by atoms with Crippen molar-refractivity contribution in [1.82, 2.24) is 9.55 Å². The van der Waals surface area contributed by atoms with Crippen molar-refractivity contribution in [1.29, 1.82) is 0 Å². The number of hydrogen-bond acceptors (Lipinski definition) is 4. The third kappa shape index (κ3) is 2.96. The summed E-state index contributed by atoms with van der Waals surface area (Å²) < 4.78 is 29.4. The molecular formula is C12H15BrN4O2S. The molecule has 1 heterocycles. The second-order valence-corrected chi connectivity index (χ2v) is 6.74. The fraction of sp³-hybridized carbons (Fsp3) is 0.250. The van der Waals surface area contributed by atoms with Crippen molar-refractivity contribution in [2.75, 3.05) is 10.5 Å². The van der Waals surface area contributed by atoms with Crippen LogP contribution in [0.3, 0.4) is 0 Å². The predicted molar refractivity (Wildman–Crippen MR) is 82.0 cm³/mol. The van der Waals surface area contributed by atoms with Gasteiger partial charge >= 0.3 is 0 Å². The molecule has 0 spiro atoms. The number of imidazole rings is 1. The second kappa shape index (κ2) is 5.45. The van der Waals surface area contributed by atoms with Crippen molar-refractivity contribution in [2.45, 2.75) is 25.4 Å². The van der Waals surface area contributed by atoms with Crippen LogP contribution in [0.15, 0.2) is 33.9 Å². The number of nitrogen functional groups attached to an aromatic ring is 1. The summed E-state index contributed by atoms with van der Waals surface area (Å²) in [5.74, 6) is 0.659. The molecule has 0 aliphatic rings. The fourth-order valence-electron chi connectivity index (χ4n) is 1.73. The van der Waals surface area contributed by atoms with Crippen molar-refractivity contribution in [2.24, 2.45) is 0 Å². The van der Waals surface area contributed by atoms with E-state index in [1.54, 1.807) is 29.7 Å². The minimum Gasteiger partial charge on any atom is -0.398 e. The number of benzene rings is 1. The number of aryl methyl sites for hydroxylation is 2. The highest BCUT2D eigenvalue weighted by Gasteiger charge is 2.19. The molecule has 1 aromatic heterocycles. The monoisotopic (exact) mass is 358 g/mol. The topological polar surface area (TPSA) is 90.0 Å². The molecule has 2 rings (SSSR count). The number of rotatable bonds is 4. The average Bonchev–Trinajstić information content (AvgIpc) is 2.76. The number of anilines is 2. The van der Waals surface area contributed by atoms with Crippen LogP contribution in [0.1, 0.15) is 12.7 Å². The lowest BCUT2D eigenvalue weighted by Crippen LogP contribution is -2.13. The minimum absolute atomic E-state index is 0.00444. The van der Waals surface area contributed by atoms with Crippen LogP contribution in [-0.4, -0.2) is 18.0 Å². The number of sulfonamides is 1. The molecule has 0 saturated heterocycles. The van der Waals surface area contributed by atoms with Crippen LogP contribution in [0.2, 0.25) is 0 Å². The molecule has 108 valence electrons. The van der Waals surface area contributed by atoms with Crippen molar-refractivity contribution in [3.8, 4) is 0 Å². The van der Waals surface area contributed by atoms with Crippen molar-refractivity contribution >= 4 is 37.3 Å². The molecule has 0 bridgehead atoms. The highest BCUT2D eigenvalue weighted by Crippen LogP contribution is 2.24. The van der Waals surface area contributed by atoms with Gasteiger partial charge in [0.1, 0.15) is 5.82 Å². The van der Waals surface area contributed by atoms with E-state index in [0.29, 0.717) is 28.2 Å². The molecule has 0 aliphatic carbocycles. The fourth-order valence-corrected chi connectivity index (χ4v) is 3.17. The summed E-state index contributed by atoms with van der Waals surface area (Å²) in [4.78, 5) is 4.07. The zero-order valence-electron chi connectivity index (χ0n) is 11.1. The lowest BCUT2D eigenvalue weighted by molar-refractivity contribution is 0.598. The Bertz CT molecular complexity index is 740. The van der Waals surface area contributed by atoms with E-state index in [4.69, 9.17) is 5.73 Å². The van der Waals surface area contributed by atoms with Crippen molar-refractivity contribution in [3.05, 3.63) is 34.7 Å². The Hall–Kier alpha value is -1.54. The summed E-state index contributed by atoms with van der Waals surface area (Å²) >= 11 is 3.26. The summed E-state index contributed by atoms with van der Waals surface area (Å²) in [6.07, 6.45) is 1.52. The van der Waals surface area contributed by atoms with E-state index in [1.165, 1.54) is 6.20 Å². The van der Waals surface area contributed by atoms with Crippen LogP contribution >= 0.6 is 15.9 Å². The van der Waals surface area contributed by atoms with Crippen LogP contribution in [0.5, 0.6) is 0 Å². The van der Waals surface area contributed by atoms with Gasteiger partial charge in [-0.25, -0.2) is 4.98 Å². The normalized spacial score (nSPS) is 11.6. The highest BCUT2D eigenvalue weighted by atomic mass is 79.9. The molecule has 8 heteroatoms. The Labute approximate surface area is 126 Å². The predicted octanol–water partition coefficient (Wildman–Crippen LogP) is 2.36. The zero-order chi connectivity index (χ0) is 14.9. The molecular weight excluding hydrogens is 344 g/mol. The summed E-state index contributed by atoms with van der Waals surface area (Å²) in [6.45, 7) is 4.36. The Kier molecular flexibility index (Phi) is 4.05. The number of nitrogens with two attached hydrogens (primary N) is 1. The first-order valence-corrected chi connectivity index (χ1v) is 8.22. The van der Waals surface area contributed by atoms with Gasteiger partial charge in [0.15, 0.2) is 5.03 Å². The molecule has 2 aromatic rings. The Morgan fingerprint density at radius 1 is 1.45 bits per heavy atom. The van der Waals surface area contributed by atoms with Crippen LogP contribution < -0.4 is 10.5 Å². The van der Waals surface area contributed by atoms with E-state index in [0.717, 1.165) is 0 Å². The van der Waals surface area contributed by atoms with Gasteiger partial charge in [0, 0.05) is 22.9 Å². The zero-order valence-corrected chi connectivity index (χ0v) is 13.5. The minimum atomic E-state index is -3.70. The summed E-state index contributed by atoms with van der Waals surface area (Å²) in [6, 6.07) is 4.83. The third-order valence-corrected chi connectivity index (χ3v) is 4.76. The summed E-state index contributed by atoms with van der Waals surface area (Å²) in [5.41, 5.74) is 6.63. The second-order valence-electron chi connectivity index (χ2n) is 4.25. The van der Waals surface area contributed by atoms with E-state index >= 15 is 0 Å². The smallest absolute Gasteiger partial charge is 0.280 e. The molecule has 0 atom stereocenters. The standard InChI is InChI=1S/C12H15BrN4O2S/c1-3-17-7-12(15-8(17)2)20(18,19)16-9-4-5-11(14)10(13)6-9/h4-7,16H,3,14H2,1-2H3. The third-order valence-electron chi connectivity index (χ3n) is 2.82. The van der Waals surface area contributed by atoms with Gasteiger partial charge in [-0.3, -0.25) is 4.72 Å². The average molecular weight is 359 g/mol. The van der Waals surface area contributed by atoms with E-state index in [9.17, 15) is 8.42 Å². The number of nitrogens with one attached hydrogen (secondary N) is 1. The van der Waals surface area contributed by atoms with Gasteiger partial charge < -0.3 is 10.3 Å². The molecule has 0 saturated carbocycles. The van der Waals surface area contributed by atoms with Gasteiger partial charge in [0.2, 0.25) is 0 Å². The molecule has 20 heavy (non-hydrogen) atoms. The molecule has 3 N–H and O–H groups in total. The van der Waals surface area contributed by atoms with E-state index < -0.39 is 10.0 Å². The Balaban J connectivity index is 2.32. The first kappa shape index (κ1) is 14.9. The van der Waals surface area contributed by atoms with Crippen LogP contribution in [0.4, 0.5) is 11.4 Å². The van der Waals surface area contributed by atoms with Gasteiger partial charge in [0.05, 0.1) is 5.69 Å². The first-order chi connectivity index (χ1) is 9.33. The van der Waals surface area contributed by atoms with Gasteiger partial charge in [-0.15, -0.1) is 0 Å². The lowest BCUT2D eigenvalue weighted by Gasteiger charge is -2.07. The molecule has 0 fully saturated rings. The maximum absolute atomic E-state index is 12.2. The SMILES string of the molecule is CCn1cc(S(=O)(=O)Nc2ccc(N)c(Br)c2)nc1C. The quantitative estimate of drug-likeness (QED) is 0.820. The molecule has 0 radical (unpaired) electrons. The van der Waals surface area contributed by atoms with E-state index in [2.05, 4.69) is 25.6 Å². The first-order valence-electron chi connectivity index (χ1n) is 5.95. The van der Waals surface area contributed by atoms with Gasteiger partial charge in [-0.05, 0) is 48.0 Å². The maximum Gasteiger partial charge on any atom is 0.280 e. The Morgan fingerprint density at radius 3 is 2.70 bits per heavy atom. The number of halogens is 1. The molecule has 6 nitrogen and oxygen atoms in total. The lowest BCUT2D eigenvalue weighted by atomic mass is 10.3. The maximum atomic E-state index is 12.2. The van der Waals surface area contributed by atoms with Gasteiger partial charge in [-0.1, -0.05) is 0 Å². The van der Waals surface area contributed by atoms with Crippen LogP contribution in [-0.2, 0) is 16.6 Å². The van der Waals surface area contributed by atoms with Crippen molar-refractivity contribution in [3.63, 3.8) is 0 Å². The van der Waals surface area contributed by atoms with Crippen molar-refractivity contribution < 1.29 is 8.42 Å². The number of aromatic nitrogens is 2. The molecule has 0 unspecified atom stereocenters. The largest absolute Gasteiger partial charge is 0.398 e. The van der Waals surface area contributed by atoms with Crippen LogP contribution in [0, 0.1) is 6.92 Å². The number of nitrogens with zero attached hydrogens (tertiary/aromatic N) is 2. The molecule has 0 aliphatic heterocycles. The molecule has 0 amide bonds. The summed E-state index contributed by atoms with van der Waals surface area (Å²) in [5, 5.41) is 0.00444. The molecule has 1 aromatic carbocycles. The van der Waals surface area contributed by atoms with Gasteiger partial charge in [-0.2, -0.15) is 8.42 Å². The van der Waals surface area contributed by atoms with Crippen LogP contribution in [0.25, 0.3) is 0 Å². The van der Waals surface area contributed by atoms with E-state index in [-0.39, 0.29) is 5.03 Å². The number of hydrogen-bond donors (Lipinski definition) is 2.